The standard InChI is InChI=1S/C47H81N5O18/c1-2-3-16-35(44(59)60)17-13-11-9-7-5-4-6-8-10-12-14-19-40(55)51-37(46(63)64)20-22-39(54)48-24-27-67-29-31-69-33-42(57)49-25-28-68-30-32-70-34-43(58)52-38(47(65)66)21-23-41(56)50-36(45(61)62)18-15-26-53/h26,35-38H,2-25,27-34H2,1H3,(H,48,54)(H,49,57)(H,50,56)(H,51,55)(H,52,58)(H,59,60)(H,61,62)(H,63,64)(H,65,66)/t35?,36-,37?,38-/m0/s1. The Morgan fingerprint density at radius 1 is 0.414 bits per heavy atom. The Labute approximate surface area is 411 Å². The number of unbranched alkanes of at least 4 members (excludes halogenated alkanes) is 11. The zero-order valence-corrected chi connectivity index (χ0v) is 41.0. The normalized spacial score (nSPS) is 12.7. The van der Waals surface area contributed by atoms with Crippen LogP contribution in [0.25, 0.3) is 0 Å². The van der Waals surface area contributed by atoms with Crippen LogP contribution < -0.4 is 26.6 Å². The second-order valence-electron chi connectivity index (χ2n) is 16.8. The summed E-state index contributed by atoms with van der Waals surface area (Å²) in [4.78, 5) is 117. The molecule has 0 aliphatic heterocycles. The van der Waals surface area contributed by atoms with E-state index in [4.69, 9.17) is 24.1 Å². The zero-order valence-electron chi connectivity index (χ0n) is 41.0. The molecule has 23 heteroatoms. The van der Waals surface area contributed by atoms with Crippen molar-refractivity contribution in [2.24, 2.45) is 5.92 Å². The summed E-state index contributed by atoms with van der Waals surface area (Å²) in [6.07, 6.45) is 14.5. The fourth-order valence-corrected chi connectivity index (χ4v) is 6.87. The third-order valence-corrected chi connectivity index (χ3v) is 10.9. The monoisotopic (exact) mass is 1000 g/mol. The summed E-state index contributed by atoms with van der Waals surface area (Å²) in [5.74, 6) is -7.53. The van der Waals surface area contributed by atoms with Crippen molar-refractivity contribution in [2.45, 2.75) is 166 Å². The fraction of sp³-hybridized carbons (Fsp3) is 0.787. The van der Waals surface area contributed by atoms with Crippen LogP contribution in [0, 0.1) is 5.92 Å². The highest BCUT2D eigenvalue weighted by molar-refractivity contribution is 5.87. The second kappa shape index (κ2) is 43.7. The van der Waals surface area contributed by atoms with Gasteiger partial charge >= 0.3 is 23.9 Å². The van der Waals surface area contributed by atoms with E-state index < -0.39 is 78.7 Å². The van der Waals surface area contributed by atoms with Crippen LogP contribution in [0.2, 0.25) is 0 Å². The third kappa shape index (κ3) is 38.6. The first-order chi connectivity index (χ1) is 33.6. The molecule has 4 atom stereocenters. The van der Waals surface area contributed by atoms with Crippen molar-refractivity contribution in [2.75, 3.05) is 65.9 Å². The van der Waals surface area contributed by atoms with E-state index in [1.165, 1.54) is 0 Å². The molecule has 0 bridgehead atoms. The highest BCUT2D eigenvalue weighted by atomic mass is 16.5. The molecule has 0 aromatic rings. The molecule has 0 aromatic carbocycles. The Hall–Kier alpha value is -5.26. The van der Waals surface area contributed by atoms with E-state index in [1.807, 2.05) is 0 Å². The van der Waals surface area contributed by atoms with E-state index in [2.05, 4.69) is 33.5 Å². The lowest BCUT2D eigenvalue weighted by atomic mass is 9.95. The van der Waals surface area contributed by atoms with Gasteiger partial charge in [-0.2, -0.15) is 0 Å². The molecule has 9 N–H and O–H groups in total. The Morgan fingerprint density at radius 2 is 0.814 bits per heavy atom. The van der Waals surface area contributed by atoms with Crippen molar-refractivity contribution in [3.05, 3.63) is 0 Å². The van der Waals surface area contributed by atoms with Gasteiger partial charge in [-0.1, -0.05) is 84.0 Å². The molecule has 2 unspecified atom stereocenters. The van der Waals surface area contributed by atoms with Crippen LogP contribution in [0.1, 0.15) is 148 Å². The van der Waals surface area contributed by atoms with E-state index in [0.717, 1.165) is 89.9 Å². The lowest BCUT2D eigenvalue weighted by molar-refractivity contribution is -0.144. The van der Waals surface area contributed by atoms with Crippen molar-refractivity contribution >= 4 is 59.7 Å². The van der Waals surface area contributed by atoms with Gasteiger partial charge < -0.3 is 70.8 Å². The minimum absolute atomic E-state index is 0.0250. The number of rotatable bonds is 49. The number of hydrogen-bond acceptors (Lipinski definition) is 14. The minimum atomic E-state index is -1.44. The molecule has 0 aromatic heterocycles. The minimum Gasteiger partial charge on any atom is -0.481 e. The van der Waals surface area contributed by atoms with Gasteiger partial charge in [-0.05, 0) is 38.5 Å². The largest absolute Gasteiger partial charge is 0.481 e. The average molecular weight is 1000 g/mol. The molecule has 0 saturated carbocycles. The topological polar surface area (TPSA) is 349 Å². The molecule has 0 saturated heterocycles. The summed E-state index contributed by atoms with van der Waals surface area (Å²) in [7, 11) is 0. The first-order valence-corrected chi connectivity index (χ1v) is 24.7. The molecule has 0 heterocycles. The molecular formula is C47H81N5O18. The van der Waals surface area contributed by atoms with Gasteiger partial charge in [0.2, 0.25) is 29.5 Å². The number of carboxylic acids is 4. The number of aliphatic carboxylic acids is 4. The van der Waals surface area contributed by atoms with E-state index in [0.29, 0.717) is 12.7 Å². The SMILES string of the molecule is CCCCC(CCCCCCCCCCCCCC(=O)NC(CCC(=O)NCCOCCOCC(=O)NCCOCCOCC(=O)N[C@@H](CCC(=O)N[C@@H](CCC=O)C(=O)O)C(=O)O)C(=O)O)C(=O)O. The lowest BCUT2D eigenvalue weighted by Gasteiger charge is -2.16. The van der Waals surface area contributed by atoms with Crippen LogP contribution in [0.4, 0.5) is 0 Å². The van der Waals surface area contributed by atoms with Gasteiger partial charge in [0.15, 0.2) is 0 Å². The number of carbonyl (C=O) groups is 10. The Bertz CT molecular complexity index is 1540. The van der Waals surface area contributed by atoms with Gasteiger partial charge in [-0.3, -0.25) is 28.8 Å². The molecule has 70 heavy (non-hydrogen) atoms. The molecule has 0 fully saturated rings. The van der Waals surface area contributed by atoms with Crippen LogP contribution in [0.3, 0.4) is 0 Å². The molecule has 0 aliphatic rings. The molecule has 5 amide bonds. The summed E-state index contributed by atoms with van der Waals surface area (Å²) >= 11 is 0. The van der Waals surface area contributed by atoms with E-state index in [1.54, 1.807) is 0 Å². The summed E-state index contributed by atoms with van der Waals surface area (Å²) in [6, 6.07) is -3.92. The van der Waals surface area contributed by atoms with Crippen molar-refractivity contribution in [3.8, 4) is 0 Å². The number of carboxylic acid groups (broad SMARTS) is 4. The Balaban J connectivity index is 3.87. The zero-order chi connectivity index (χ0) is 52.2. The number of amides is 5. The molecule has 0 rings (SSSR count). The van der Waals surface area contributed by atoms with Crippen LogP contribution in [-0.2, 0) is 66.9 Å². The number of hydrogen-bond donors (Lipinski definition) is 9. The molecule has 0 spiro atoms. The van der Waals surface area contributed by atoms with Gasteiger partial charge in [0, 0.05) is 38.8 Å². The summed E-state index contributed by atoms with van der Waals surface area (Å²) in [5, 5.41) is 49.5. The maximum atomic E-state index is 12.4. The molecular weight excluding hydrogens is 923 g/mol. The maximum absolute atomic E-state index is 12.4. The first kappa shape index (κ1) is 64.7. The molecule has 402 valence electrons. The van der Waals surface area contributed by atoms with Crippen LogP contribution in [0.5, 0.6) is 0 Å². The predicted octanol–water partition coefficient (Wildman–Crippen LogP) is 2.50. The summed E-state index contributed by atoms with van der Waals surface area (Å²) in [6.45, 7) is 2.19. The quantitative estimate of drug-likeness (QED) is 0.0312. The van der Waals surface area contributed by atoms with Crippen molar-refractivity contribution in [1.82, 2.24) is 26.6 Å². The van der Waals surface area contributed by atoms with Crippen LogP contribution in [0.15, 0.2) is 0 Å². The van der Waals surface area contributed by atoms with Crippen LogP contribution in [-0.4, -0.2) is 164 Å². The first-order valence-electron chi connectivity index (χ1n) is 24.7. The molecule has 23 nitrogen and oxygen atoms in total. The van der Waals surface area contributed by atoms with Gasteiger partial charge in [0.05, 0.1) is 45.6 Å². The number of carbonyl (C=O) groups excluding carboxylic acids is 6. The van der Waals surface area contributed by atoms with Gasteiger partial charge in [0.25, 0.3) is 0 Å². The third-order valence-electron chi connectivity index (χ3n) is 10.9. The lowest BCUT2D eigenvalue weighted by Crippen LogP contribution is -2.44. The van der Waals surface area contributed by atoms with Gasteiger partial charge in [-0.15, -0.1) is 0 Å². The van der Waals surface area contributed by atoms with Crippen molar-refractivity contribution < 1.29 is 87.3 Å². The van der Waals surface area contributed by atoms with Crippen molar-refractivity contribution in [3.63, 3.8) is 0 Å². The average Bonchev–Trinajstić information content (AvgIpc) is 3.31. The van der Waals surface area contributed by atoms with Crippen molar-refractivity contribution in [1.29, 1.82) is 0 Å². The number of aldehydes is 1. The molecule has 0 aliphatic carbocycles. The second-order valence-corrected chi connectivity index (χ2v) is 16.8. The predicted molar refractivity (Wildman–Crippen MR) is 252 cm³/mol. The Kier molecular flexibility index (Phi) is 40.5. The Morgan fingerprint density at radius 3 is 1.30 bits per heavy atom. The summed E-state index contributed by atoms with van der Waals surface area (Å²) in [5.41, 5.74) is 0. The smallest absolute Gasteiger partial charge is 0.326 e. The highest BCUT2D eigenvalue weighted by Crippen LogP contribution is 2.19. The van der Waals surface area contributed by atoms with E-state index >= 15 is 0 Å². The fourth-order valence-electron chi connectivity index (χ4n) is 6.87. The van der Waals surface area contributed by atoms with E-state index in [-0.39, 0.29) is 110 Å². The van der Waals surface area contributed by atoms with Crippen LogP contribution >= 0.6 is 0 Å². The van der Waals surface area contributed by atoms with Gasteiger partial charge in [0.1, 0.15) is 37.6 Å². The molecule has 0 radical (unpaired) electrons. The van der Waals surface area contributed by atoms with E-state index in [9.17, 15) is 63.3 Å². The highest BCUT2D eigenvalue weighted by Gasteiger charge is 2.24. The van der Waals surface area contributed by atoms with Gasteiger partial charge in [-0.25, -0.2) is 14.4 Å². The number of nitrogens with one attached hydrogen (secondary N) is 5. The maximum Gasteiger partial charge on any atom is 0.326 e. The number of ether oxygens (including phenoxy) is 4. The summed E-state index contributed by atoms with van der Waals surface area (Å²) < 4.78 is 21.1.